The van der Waals surface area contributed by atoms with Crippen LogP contribution >= 0.6 is 0 Å². The molecular weight excluding hydrogens is 390 g/mol. The number of fused-ring (bicyclic) bond motifs is 2. The number of hydrogen-bond acceptors (Lipinski definition) is 5. The van der Waals surface area contributed by atoms with E-state index in [1.165, 1.54) is 11.1 Å². The van der Waals surface area contributed by atoms with E-state index in [1.807, 2.05) is 13.0 Å². The van der Waals surface area contributed by atoms with Crippen LogP contribution in [-0.2, 0) is 16.4 Å². The van der Waals surface area contributed by atoms with E-state index in [9.17, 15) is 8.42 Å². The van der Waals surface area contributed by atoms with E-state index in [4.69, 9.17) is 14.2 Å². The van der Waals surface area contributed by atoms with E-state index in [1.54, 1.807) is 22.5 Å². The predicted octanol–water partition coefficient (Wildman–Crippen LogP) is 3.62. The van der Waals surface area contributed by atoms with Gasteiger partial charge in [0.15, 0.2) is 11.5 Å². The van der Waals surface area contributed by atoms with Crippen LogP contribution < -0.4 is 14.2 Å². The average molecular weight is 416 g/mol. The lowest BCUT2D eigenvalue weighted by atomic mass is 9.84. The molecule has 5 rings (SSSR count). The van der Waals surface area contributed by atoms with E-state index in [2.05, 4.69) is 13.0 Å². The first-order chi connectivity index (χ1) is 13.9. The fourth-order valence-corrected chi connectivity index (χ4v) is 6.46. The number of hydrogen-bond donors (Lipinski definition) is 0. The molecule has 7 heteroatoms. The summed E-state index contributed by atoms with van der Waals surface area (Å²) in [6.07, 6.45) is 2.34. The summed E-state index contributed by atoms with van der Waals surface area (Å²) in [5.74, 6) is 2.68. The minimum atomic E-state index is -3.52. The van der Waals surface area contributed by atoms with Crippen molar-refractivity contribution in [3.63, 3.8) is 0 Å². The van der Waals surface area contributed by atoms with Crippen LogP contribution in [0.25, 0.3) is 0 Å². The van der Waals surface area contributed by atoms with Crippen LogP contribution in [-0.4, -0.2) is 38.7 Å². The SMILES string of the molecule is Cc1cc2c(cc1C1CCN(S(=O)(=O)c3ccc4c(c3)CCO4)C(C)C1)OCO2. The summed E-state index contributed by atoms with van der Waals surface area (Å²) in [7, 11) is -3.52. The molecule has 29 heavy (non-hydrogen) atoms. The normalized spacial score (nSPS) is 23.7. The van der Waals surface area contributed by atoms with E-state index in [-0.39, 0.29) is 12.8 Å². The summed E-state index contributed by atoms with van der Waals surface area (Å²) in [6, 6.07) is 9.24. The molecule has 2 aromatic carbocycles. The van der Waals surface area contributed by atoms with Gasteiger partial charge in [-0.1, -0.05) is 0 Å². The molecule has 3 aliphatic heterocycles. The summed E-state index contributed by atoms with van der Waals surface area (Å²) in [5.41, 5.74) is 3.37. The fraction of sp³-hybridized carbons (Fsp3) is 0.455. The second kappa shape index (κ2) is 6.92. The van der Waals surface area contributed by atoms with Crippen LogP contribution in [0.5, 0.6) is 17.2 Å². The Morgan fingerprint density at radius 1 is 1.03 bits per heavy atom. The van der Waals surface area contributed by atoms with Crippen LogP contribution in [0, 0.1) is 6.92 Å². The zero-order valence-electron chi connectivity index (χ0n) is 16.7. The lowest BCUT2D eigenvalue weighted by Crippen LogP contribution is -2.44. The standard InChI is InChI=1S/C22H25NO5S/c1-14-9-21-22(28-13-27-21)12-19(14)16-5-7-23(15(2)10-16)29(24,25)18-3-4-20-17(11-18)6-8-26-20/h3-4,9,11-12,15-16H,5-8,10,13H2,1-2H3. The largest absolute Gasteiger partial charge is 0.493 e. The smallest absolute Gasteiger partial charge is 0.243 e. The molecule has 0 aliphatic carbocycles. The number of ether oxygens (including phenoxy) is 3. The number of sulfonamides is 1. The van der Waals surface area contributed by atoms with Gasteiger partial charge in [0.25, 0.3) is 0 Å². The second-order valence-corrected chi connectivity index (χ2v) is 10.0. The molecule has 2 aromatic rings. The molecule has 3 heterocycles. The van der Waals surface area contributed by atoms with Gasteiger partial charge in [-0.15, -0.1) is 0 Å². The highest BCUT2D eigenvalue weighted by molar-refractivity contribution is 7.89. The molecule has 0 bridgehead atoms. The molecule has 3 aliphatic rings. The van der Waals surface area contributed by atoms with Crippen molar-refractivity contribution in [3.05, 3.63) is 47.0 Å². The lowest BCUT2D eigenvalue weighted by Gasteiger charge is -2.37. The molecule has 2 unspecified atom stereocenters. The van der Waals surface area contributed by atoms with Gasteiger partial charge < -0.3 is 14.2 Å². The van der Waals surface area contributed by atoms with Crippen molar-refractivity contribution in [2.75, 3.05) is 19.9 Å². The molecule has 2 atom stereocenters. The third-order valence-corrected chi connectivity index (χ3v) is 8.29. The maximum absolute atomic E-state index is 13.3. The van der Waals surface area contributed by atoms with Crippen molar-refractivity contribution < 1.29 is 22.6 Å². The minimum absolute atomic E-state index is 0.0759. The van der Waals surface area contributed by atoms with Crippen molar-refractivity contribution in [2.24, 2.45) is 0 Å². The van der Waals surface area contributed by atoms with Crippen molar-refractivity contribution in [2.45, 2.75) is 50.0 Å². The van der Waals surface area contributed by atoms with Crippen LogP contribution in [0.3, 0.4) is 0 Å². The van der Waals surface area contributed by atoms with Crippen LogP contribution in [0.4, 0.5) is 0 Å². The highest BCUT2D eigenvalue weighted by Crippen LogP contribution is 2.42. The minimum Gasteiger partial charge on any atom is -0.493 e. The molecule has 0 radical (unpaired) electrons. The number of nitrogens with zero attached hydrogens (tertiary/aromatic N) is 1. The summed E-state index contributed by atoms with van der Waals surface area (Å²) >= 11 is 0. The monoisotopic (exact) mass is 415 g/mol. The van der Waals surface area contributed by atoms with E-state index < -0.39 is 10.0 Å². The number of piperidine rings is 1. The van der Waals surface area contributed by atoms with Crippen molar-refractivity contribution >= 4 is 10.0 Å². The van der Waals surface area contributed by atoms with Gasteiger partial charge in [-0.25, -0.2) is 8.42 Å². The average Bonchev–Trinajstić information content (AvgIpc) is 3.35. The van der Waals surface area contributed by atoms with Crippen molar-refractivity contribution in [3.8, 4) is 17.2 Å². The molecule has 6 nitrogen and oxygen atoms in total. The summed E-state index contributed by atoms with van der Waals surface area (Å²) < 4.78 is 44.8. The van der Waals surface area contributed by atoms with Gasteiger partial charge in [0.1, 0.15) is 5.75 Å². The Kier molecular flexibility index (Phi) is 4.47. The molecule has 0 aromatic heterocycles. The summed E-state index contributed by atoms with van der Waals surface area (Å²) in [4.78, 5) is 0.367. The van der Waals surface area contributed by atoms with Gasteiger partial charge in [-0.3, -0.25) is 0 Å². The number of benzene rings is 2. The Morgan fingerprint density at radius 3 is 2.62 bits per heavy atom. The van der Waals surface area contributed by atoms with Gasteiger partial charge in [0.2, 0.25) is 16.8 Å². The molecule has 0 N–H and O–H groups in total. The van der Waals surface area contributed by atoms with Gasteiger partial charge in [0, 0.05) is 19.0 Å². The van der Waals surface area contributed by atoms with Gasteiger partial charge in [-0.2, -0.15) is 4.31 Å². The predicted molar refractivity (Wildman–Crippen MR) is 108 cm³/mol. The van der Waals surface area contributed by atoms with Gasteiger partial charge >= 0.3 is 0 Å². The Morgan fingerprint density at radius 2 is 1.83 bits per heavy atom. The lowest BCUT2D eigenvalue weighted by molar-refractivity contribution is 0.174. The van der Waals surface area contributed by atoms with E-state index >= 15 is 0 Å². The third kappa shape index (κ3) is 3.16. The Bertz CT molecular complexity index is 1070. The van der Waals surface area contributed by atoms with Crippen LogP contribution in [0.15, 0.2) is 35.2 Å². The highest BCUT2D eigenvalue weighted by atomic mass is 32.2. The number of aryl methyl sites for hydroxylation is 1. The van der Waals surface area contributed by atoms with Crippen LogP contribution in [0.1, 0.15) is 42.4 Å². The van der Waals surface area contributed by atoms with Gasteiger partial charge in [-0.05, 0) is 79.6 Å². The maximum atomic E-state index is 13.3. The Labute approximate surface area is 171 Å². The van der Waals surface area contributed by atoms with Crippen molar-refractivity contribution in [1.82, 2.24) is 4.31 Å². The molecule has 0 saturated carbocycles. The molecule has 1 fully saturated rings. The van der Waals surface area contributed by atoms with E-state index in [0.717, 1.165) is 42.1 Å². The zero-order chi connectivity index (χ0) is 20.2. The summed E-state index contributed by atoms with van der Waals surface area (Å²) in [5, 5.41) is 0. The zero-order valence-corrected chi connectivity index (χ0v) is 17.5. The molecule has 0 amide bonds. The van der Waals surface area contributed by atoms with Crippen molar-refractivity contribution in [1.29, 1.82) is 0 Å². The number of rotatable bonds is 3. The molecule has 1 saturated heterocycles. The first-order valence-corrected chi connectivity index (χ1v) is 11.5. The summed E-state index contributed by atoms with van der Waals surface area (Å²) in [6.45, 7) is 5.47. The Hall–Kier alpha value is -2.25. The van der Waals surface area contributed by atoms with E-state index in [0.29, 0.717) is 24.0 Å². The van der Waals surface area contributed by atoms with Gasteiger partial charge in [0.05, 0.1) is 11.5 Å². The van der Waals surface area contributed by atoms with Crippen LogP contribution in [0.2, 0.25) is 0 Å². The molecule has 154 valence electrons. The fourth-order valence-electron chi connectivity index (χ4n) is 4.75. The third-order valence-electron chi connectivity index (χ3n) is 6.28. The first kappa shape index (κ1) is 18.8. The molecule has 0 spiro atoms. The first-order valence-electron chi connectivity index (χ1n) is 10.1. The molecular formula is C22H25NO5S. The highest BCUT2D eigenvalue weighted by Gasteiger charge is 2.36. The second-order valence-electron chi connectivity index (χ2n) is 8.12. The Balaban J connectivity index is 1.38. The maximum Gasteiger partial charge on any atom is 0.243 e. The quantitative estimate of drug-likeness (QED) is 0.766. The topological polar surface area (TPSA) is 65.1 Å².